The fourth-order valence-corrected chi connectivity index (χ4v) is 5.38. The Morgan fingerprint density at radius 2 is 1.61 bits per heavy atom. The van der Waals surface area contributed by atoms with Crippen LogP contribution >= 0.6 is 0 Å². The van der Waals surface area contributed by atoms with Gasteiger partial charge < -0.3 is 13.6 Å². The molecule has 1 aromatic rings. The molecule has 0 spiro atoms. The normalized spacial score (nSPS) is 23.4. The van der Waals surface area contributed by atoms with Gasteiger partial charge in [0.05, 0.1) is 12.7 Å². The number of nitrogens with one attached hydrogen (secondary N) is 1. The largest absolute Gasteiger partial charge is 0.414 e. The fraction of sp³-hybridized carbons (Fsp3) is 0.818. The molecule has 0 aliphatic carbocycles. The van der Waals surface area contributed by atoms with Gasteiger partial charge >= 0.3 is 5.69 Å². The smallest absolute Gasteiger partial charge is 0.330 e. The van der Waals surface area contributed by atoms with Crippen molar-refractivity contribution in [2.75, 3.05) is 6.61 Å². The van der Waals surface area contributed by atoms with Crippen LogP contribution in [0.4, 0.5) is 0 Å². The van der Waals surface area contributed by atoms with Gasteiger partial charge in [-0.3, -0.25) is 14.3 Å². The van der Waals surface area contributed by atoms with E-state index in [2.05, 4.69) is 72.7 Å². The molecule has 0 saturated carbocycles. The highest BCUT2D eigenvalue weighted by atomic mass is 28.4. The topological polar surface area (TPSA) is 82.6 Å². The molecule has 0 aromatic carbocycles. The minimum absolute atomic E-state index is 0.0569. The average molecular weight is 471 g/mol. The molecule has 2 rings (SSSR count). The highest BCUT2D eigenvalue weighted by molar-refractivity contribution is 6.74. The maximum absolute atomic E-state index is 12.5. The summed E-state index contributed by atoms with van der Waals surface area (Å²) in [7, 11) is -4.02. The van der Waals surface area contributed by atoms with E-state index in [1.54, 1.807) is 13.1 Å². The van der Waals surface area contributed by atoms with Crippen LogP contribution < -0.4 is 11.2 Å². The first-order valence-electron chi connectivity index (χ1n) is 11.1. The van der Waals surface area contributed by atoms with Crippen LogP contribution in [0.3, 0.4) is 0 Å². The van der Waals surface area contributed by atoms with Crippen LogP contribution in [0, 0.1) is 6.92 Å². The lowest BCUT2D eigenvalue weighted by atomic mass is 10.2. The lowest BCUT2D eigenvalue weighted by Crippen LogP contribution is -2.48. The van der Waals surface area contributed by atoms with Gasteiger partial charge in [-0.05, 0) is 43.2 Å². The van der Waals surface area contributed by atoms with E-state index in [4.69, 9.17) is 13.6 Å². The monoisotopic (exact) mass is 470 g/mol. The molecule has 1 aliphatic rings. The Hall–Kier alpha value is -1.01. The zero-order chi connectivity index (χ0) is 24.0. The third-order valence-electron chi connectivity index (χ3n) is 7.30. The summed E-state index contributed by atoms with van der Waals surface area (Å²) in [5.74, 6) is 0. The molecule has 1 N–H and O–H groups in total. The van der Waals surface area contributed by atoms with E-state index >= 15 is 0 Å². The van der Waals surface area contributed by atoms with Gasteiger partial charge in [-0.25, -0.2) is 4.79 Å². The van der Waals surface area contributed by atoms with Gasteiger partial charge in [0.2, 0.25) is 0 Å². The van der Waals surface area contributed by atoms with Crippen molar-refractivity contribution in [2.24, 2.45) is 0 Å². The Morgan fingerprint density at radius 3 is 2.13 bits per heavy atom. The van der Waals surface area contributed by atoms with Crippen molar-refractivity contribution >= 4 is 16.6 Å². The predicted molar refractivity (Wildman–Crippen MR) is 130 cm³/mol. The van der Waals surface area contributed by atoms with Gasteiger partial charge in [-0.2, -0.15) is 0 Å². The van der Waals surface area contributed by atoms with E-state index in [1.807, 2.05) is 0 Å². The first-order valence-corrected chi connectivity index (χ1v) is 17.0. The zero-order valence-electron chi connectivity index (χ0n) is 21.2. The van der Waals surface area contributed by atoms with Crippen molar-refractivity contribution in [3.8, 4) is 0 Å². The number of aryl methyl sites for hydroxylation is 1. The van der Waals surface area contributed by atoms with Gasteiger partial charge in [0.15, 0.2) is 16.6 Å². The van der Waals surface area contributed by atoms with Gasteiger partial charge in [0, 0.05) is 18.2 Å². The fourth-order valence-electron chi connectivity index (χ4n) is 3.01. The highest BCUT2D eigenvalue weighted by Gasteiger charge is 2.46. The number of H-pyrrole nitrogens is 1. The molecule has 0 bridgehead atoms. The van der Waals surface area contributed by atoms with E-state index < -0.39 is 28.6 Å². The Morgan fingerprint density at radius 1 is 1.06 bits per heavy atom. The molecular formula is C22H42N2O5Si2. The van der Waals surface area contributed by atoms with Crippen LogP contribution in [-0.4, -0.2) is 45.0 Å². The maximum atomic E-state index is 12.5. The van der Waals surface area contributed by atoms with Crippen LogP contribution in [0.1, 0.15) is 59.8 Å². The molecule has 0 radical (unpaired) electrons. The molecule has 1 aromatic heterocycles. The maximum Gasteiger partial charge on any atom is 0.330 e. The third kappa shape index (κ3) is 5.87. The Bertz CT molecular complexity index is 893. The Kier molecular flexibility index (Phi) is 7.40. The first-order chi connectivity index (χ1) is 13.9. The van der Waals surface area contributed by atoms with Crippen molar-refractivity contribution < 1.29 is 13.6 Å². The summed E-state index contributed by atoms with van der Waals surface area (Å²) in [5, 5.41) is 0.148. The number of ether oxygens (including phenoxy) is 1. The summed E-state index contributed by atoms with van der Waals surface area (Å²) in [4.78, 5) is 26.6. The standard InChI is InChI=1S/C22H42N2O5Si2/c1-15-13-24(20(26)23-19(15)25)18-12-16(29-31(10,11)22(5,6)7)17(28-18)14-27-30(8,9)21(2,3)4/h13,16-18H,12,14H2,1-11H3,(H,23,25,26)/t16-,17+,18+/m0/s1. The number of aromatic amines is 1. The number of hydrogen-bond donors (Lipinski definition) is 1. The summed E-state index contributed by atoms with van der Waals surface area (Å²) >= 11 is 0. The molecule has 0 unspecified atom stereocenters. The van der Waals surface area contributed by atoms with E-state index in [9.17, 15) is 9.59 Å². The second kappa shape index (κ2) is 8.74. The molecule has 178 valence electrons. The molecule has 0 amide bonds. The number of nitrogens with zero attached hydrogens (tertiary/aromatic N) is 1. The number of hydrogen-bond acceptors (Lipinski definition) is 5. The van der Waals surface area contributed by atoms with Crippen molar-refractivity contribution in [2.45, 2.75) is 110 Å². The van der Waals surface area contributed by atoms with E-state index in [0.29, 0.717) is 18.6 Å². The molecule has 7 nitrogen and oxygen atoms in total. The zero-order valence-corrected chi connectivity index (χ0v) is 23.2. The Labute approximate surface area is 188 Å². The summed E-state index contributed by atoms with van der Waals surface area (Å²) in [6.45, 7) is 24.3. The van der Waals surface area contributed by atoms with E-state index in [0.717, 1.165) is 0 Å². The number of aromatic nitrogens is 2. The van der Waals surface area contributed by atoms with E-state index in [-0.39, 0.29) is 27.8 Å². The summed E-state index contributed by atoms with van der Waals surface area (Å²) in [5.41, 5.74) is -0.352. The molecule has 1 aliphatic heterocycles. The summed E-state index contributed by atoms with van der Waals surface area (Å²) in [6, 6.07) is 0. The quantitative estimate of drug-likeness (QED) is 0.617. The molecule has 31 heavy (non-hydrogen) atoms. The summed E-state index contributed by atoms with van der Waals surface area (Å²) in [6.07, 6.45) is 1.18. The number of rotatable bonds is 6. The SMILES string of the molecule is Cc1cn([C@H]2C[C@H](O[Si](C)(C)C(C)(C)C)[C@@H](CO[Si](C)(C)C(C)(C)C)O2)c(=O)[nH]c1=O. The van der Waals surface area contributed by atoms with Crippen molar-refractivity contribution in [1.29, 1.82) is 0 Å². The third-order valence-corrected chi connectivity index (χ3v) is 16.3. The van der Waals surface area contributed by atoms with Crippen LogP contribution in [-0.2, 0) is 13.6 Å². The first kappa shape index (κ1) is 26.2. The van der Waals surface area contributed by atoms with E-state index in [1.165, 1.54) is 4.57 Å². The highest BCUT2D eigenvalue weighted by Crippen LogP contribution is 2.42. The Balaban J connectivity index is 2.32. The predicted octanol–water partition coefficient (Wildman–Crippen LogP) is 4.54. The van der Waals surface area contributed by atoms with Crippen LogP contribution in [0.25, 0.3) is 0 Å². The molecule has 3 atom stereocenters. The average Bonchev–Trinajstić information content (AvgIpc) is 2.96. The van der Waals surface area contributed by atoms with Crippen molar-refractivity contribution in [1.82, 2.24) is 9.55 Å². The van der Waals surface area contributed by atoms with Crippen molar-refractivity contribution in [3.63, 3.8) is 0 Å². The molecule has 1 saturated heterocycles. The minimum atomic E-state index is -2.06. The molecule has 9 heteroatoms. The van der Waals surface area contributed by atoms with Gasteiger partial charge in [0.25, 0.3) is 5.56 Å². The van der Waals surface area contributed by atoms with Crippen LogP contribution in [0.5, 0.6) is 0 Å². The van der Waals surface area contributed by atoms with Crippen molar-refractivity contribution in [3.05, 3.63) is 32.6 Å². The van der Waals surface area contributed by atoms with Gasteiger partial charge in [-0.15, -0.1) is 0 Å². The summed E-state index contributed by atoms with van der Waals surface area (Å²) < 4.78 is 21.0. The van der Waals surface area contributed by atoms with Crippen LogP contribution in [0.2, 0.25) is 36.3 Å². The molecular weight excluding hydrogens is 428 g/mol. The second-order valence-electron chi connectivity index (χ2n) is 11.8. The van der Waals surface area contributed by atoms with Gasteiger partial charge in [-0.1, -0.05) is 41.5 Å². The minimum Gasteiger partial charge on any atom is -0.414 e. The molecule has 1 fully saturated rings. The van der Waals surface area contributed by atoms with Crippen LogP contribution in [0.15, 0.2) is 15.8 Å². The second-order valence-corrected chi connectivity index (χ2v) is 21.4. The lowest BCUT2D eigenvalue weighted by molar-refractivity contribution is -0.0413. The van der Waals surface area contributed by atoms with Gasteiger partial charge in [0.1, 0.15) is 12.3 Å². The lowest BCUT2D eigenvalue weighted by Gasteiger charge is -2.40. The molecule has 2 heterocycles.